The van der Waals surface area contributed by atoms with E-state index in [2.05, 4.69) is 68.5 Å². The van der Waals surface area contributed by atoms with E-state index in [1.807, 2.05) is 6.08 Å². The minimum atomic E-state index is -5.14. The number of carbonyl (C=O) groups excluding carboxylic acids is 2. The molecule has 1 rings (SSSR count). The molecule has 0 aromatic carbocycles. The van der Waals surface area contributed by atoms with E-state index in [-0.39, 0.29) is 12.8 Å². The Morgan fingerprint density at radius 2 is 0.951 bits per heavy atom. The summed E-state index contributed by atoms with van der Waals surface area (Å²) in [5.41, 5.74) is 0. The van der Waals surface area contributed by atoms with Crippen LogP contribution in [0.3, 0.4) is 0 Å². The summed E-state index contributed by atoms with van der Waals surface area (Å²) >= 11 is 0. The standard InChI is InChI=1S/C47H81O13P/c1-3-5-7-9-11-13-15-17-19-20-22-24-26-28-30-32-34-36-41(49)59-39(38-58-61(55,56)60-47-45(53)43(51)42(50)44(52)46(47)54)37-57-40(48)35-33-31-29-27-25-23-21-18-16-14-12-10-8-6-4-2/h7,9,13,15,19-20,24,26,29,31,39,42-47,50-54H,3-6,8,10-12,14,16-18,21-23,25,27-28,30,32-38H2,1-2H3,(H,55,56)/b9-7+,15-13+,20-19+,26-24+,31-29+/t39-,42?,43+,44?,45?,46?,47?/m1/s1. The lowest BCUT2D eigenvalue weighted by atomic mass is 9.85. The molecule has 0 radical (unpaired) electrons. The molecule has 14 heteroatoms. The maximum atomic E-state index is 12.8. The summed E-state index contributed by atoms with van der Waals surface area (Å²) in [6.45, 7) is 3.16. The van der Waals surface area contributed by atoms with Crippen molar-refractivity contribution in [3.8, 4) is 0 Å². The van der Waals surface area contributed by atoms with Crippen molar-refractivity contribution in [2.45, 2.75) is 211 Å². The first kappa shape index (κ1) is 56.6. The molecule has 0 spiro atoms. The Hall–Kier alpha value is -2.45. The Labute approximate surface area is 366 Å². The molecular weight excluding hydrogens is 803 g/mol. The second kappa shape index (κ2) is 37.0. The van der Waals surface area contributed by atoms with E-state index in [9.17, 15) is 44.6 Å². The number of phosphoric ester groups is 1. The molecule has 1 saturated carbocycles. The van der Waals surface area contributed by atoms with Gasteiger partial charge in [-0.1, -0.05) is 152 Å². The number of aliphatic hydroxyl groups is 5. The first-order chi connectivity index (χ1) is 29.4. The lowest BCUT2D eigenvalue weighted by Gasteiger charge is -2.41. The second-order valence-corrected chi connectivity index (χ2v) is 17.3. The molecule has 1 fully saturated rings. The highest BCUT2D eigenvalue weighted by Gasteiger charge is 2.51. The van der Waals surface area contributed by atoms with Crippen LogP contribution in [0.15, 0.2) is 60.8 Å². The number of hydrogen-bond acceptors (Lipinski definition) is 12. The third-order valence-corrected chi connectivity index (χ3v) is 11.3. The highest BCUT2D eigenvalue weighted by atomic mass is 31.2. The predicted molar refractivity (Wildman–Crippen MR) is 239 cm³/mol. The van der Waals surface area contributed by atoms with Crippen molar-refractivity contribution in [1.29, 1.82) is 0 Å². The topological polar surface area (TPSA) is 210 Å². The molecule has 0 aromatic rings. The van der Waals surface area contributed by atoms with Crippen molar-refractivity contribution in [3.05, 3.63) is 60.8 Å². The van der Waals surface area contributed by atoms with Gasteiger partial charge in [-0.2, -0.15) is 0 Å². The largest absolute Gasteiger partial charge is 0.472 e. The zero-order valence-corrected chi connectivity index (χ0v) is 38.1. The molecule has 0 aliphatic heterocycles. The number of phosphoric acid groups is 1. The molecule has 0 amide bonds. The first-order valence-corrected chi connectivity index (χ1v) is 24.6. The molecule has 0 heterocycles. The summed E-state index contributed by atoms with van der Waals surface area (Å²) in [4.78, 5) is 35.6. The molecule has 0 bridgehead atoms. The fourth-order valence-electron chi connectivity index (χ4n) is 6.59. The van der Waals surface area contributed by atoms with Crippen molar-refractivity contribution in [2.24, 2.45) is 0 Å². The number of ether oxygens (including phenoxy) is 2. The Balaban J connectivity index is 2.51. The Kier molecular flexibility index (Phi) is 34.3. The number of aliphatic hydroxyl groups excluding tert-OH is 5. The van der Waals surface area contributed by atoms with Crippen molar-refractivity contribution >= 4 is 19.8 Å². The van der Waals surface area contributed by atoms with Crippen molar-refractivity contribution < 1.29 is 63.1 Å². The van der Waals surface area contributed by atoms with Gasteiger partial charge in [0.25, 0.3) is 0 Å². The minimum absolute atomic E-state index is 0.0502. The van der Waals surface area contributed by atoms with Crippen molar-refractivity contribution in [1.82, 2.24) is 0 Å². The quantitative estimate of drug-likeness (QED) is 0.0149. The molecule has 1 aliphatic carbocycles. The SMILES string of the molecule is CCC/C=C/C/C=C/C/C=C/C/C=C/CCCCCC(=O)O[C@H](COC(=O)CC/C=C/CCCCCCCCCCCCC)COP(=O)(O)OC1C(O)C(O)C(O)[C@H](O)C1O. The highest BCUT2D eigenvalue weighted by molar-refractivity contribution is 7.47. The minimum Gasteiger partial charge on any atom is -0.462 e. The molecule has 61 heavy (non-hydrogen) atoms. The lowest BCUT2D eigenvalue weighted by molar-refractivity contribution is -0.220. The van der Waals surface area contributed by atoms with Crippen LogP contribution in [0.2, 0.25) is 0 Å². The van der Waals surface area contributed by atoms with E-state index in [0.717, 1.165) is 57.8 Å². The van der Waals surface area contributed by atoms with E-state index in [0.29, 0.717) is 12.8 Å². The summed E-state index contributed by atoms with van der Waals surface area (Å²) in [5.74, 6) is -1.20. The average molecular weight is 885 g/mol. The van der Waals surface area contributed by atoms with Crippen LogP contribution in [-0.2, 0) is 32.7 Å². The van der Waals surface area contributed by atoms with E-state index >= 15 is 0 Å². The van der Waals surface area contributed by atoms with Crippen LogP contribution in [0.1, 0.15) is 168 Å². The zero-order chi connectivity index (χ0) is 45.0. The highest BCUT2D eigenvalue weighted by Crippen LogP contribution is 2.47. The Morgan fingerprint density at radius 3 is 1.49 bits per heavy atom. The van der Waals surface area contributed by atoms with Crippen LogP contribution in [0, 0.1) is 0 Å². The van der Waals surface area contributed by atoms with Crippen LogP contribution >= 0.6 is 7.82 Å². The Morgan fingerprint density at radius 1 is 0.508 bits per heavy atom. The number of rotatable bonds is 37. The molecular formula is C47H81O13P. The van der Waals surface area contributed by atoms with Gasteiger partial charge in [0, 0.05) is 12.8 Å². The molecule has 6 unspecified atom stereocenters. The van der Waals surface area contributed by atoms with Crippen molar-refractivity contribution in [3.63, 3.8) is 0 Å². The van der Waals surface area contributed by atoms with Gasteiger partial charge in [0.05, 0.1) is 6.61 Å². The normalized spacial score (nSPS) is 22.6. The van der Waals surface area contributed by atoms with Gasteiger partial charge >= 0.3 is 19.8 Å². The van der Waals surface area contributed by atoms with E-state index in [1.54, 1.807) is 0 Å². The fraction of sp³-hybridized carbons (Fsp3) is 0.745. The Bertz CT molecular complexity index is 1300. The summed E-state index contributed by atoms with van der Waals surface area (Å²) < 4.78 is 33.4. The second-order valence-electron chi connectivity index (χ2n) is 15.9. The van der Waals surface area contributed by atoms with Crippen LogP contribution in [0.5, 0.6) is 0 Å². The van der Waals surface area contributed by atoms with E-state index in [1.165, 1.54) is 70.6 Å². The average Bonchev–Trinajstić information content (AvgIpc) is 3.24. The number of unbranched alkanes of at least 4 members (excludes halogenated alkanes) is 15. The molecule has 13 nitrogen and oxygen atoms in total. The molecule has 352 valence electrons. The maximum absolute atomic E-state index is 12.8. The van der Waals surface area contributed by atoms with Crippen LogP contribution in [0.4, 0.5) is 0 Å². The van der Waals surface area contributed by atoms with Gasteiger partial charge in [-0.25, -0.2) is 4.57 Å². The summed E-state index contributed by atoms with van der Waals surface area (Å²) in [7, 11) is -5.14. The van der Waals surface area contributed by atoms with E-state index < -0.39 is 75.7 Å². The van der Waals surface area contributed by atoms with Gasteiger partial charge in [-0.3, -0.25) is 18.6 Å². The van der Waals surface area contributed by atoms with Gasteiger partial charge in [-0.05, 0) is 64.2 Å². The van der Waals surface area contributed by atoms with Gasteiger partial charge in [0.2, 0.25) is 0 Å². The first-order valence-electron chi connectivity index (χ1n) is 23.1. The molecule has 8 atom stereocenters. The summed E-state index contributed by atoms with van der Waals surface area (Å²) in [6, 6.07) is 0. The maximum Gasteiger partial charge on any atom is 0.472 e. The molecule has 6 N–H and O–H groups in total. The van der Waals surface area contributed by atoms with Gasteiger partial charge in [0.1, 0.15) is 43.2 Å². The van der Waals surface area contributed by atoms with Gasteiger partial charge in [-0.15, -0.1) is 0 Å². The molecule has 0 saturated heterocycles. The number of carbonyl (C=O) groups is 2. The fourth-order valence-corrected chi connectivity index (χ4v) is 7.56. The van der Waals surface area contributed by atoms with E-state index in [4.69, 9.17) is 18.5 Å². The number of esters is 2. The summed E-state index contributed by atoms with van der Waals surface area (Å²) in [5, 5.41) is 50.1. The van der Waals surface area contributed by atoms with Gasteiger partial charge in [0.15, 0.2) is 6.10 Å². The summed E-state index contributed by atoms with van der Waals surface area (Å²) in [6.07, 6.45) is 31.4. The third kappa shape index (κ3) is 29.5. The number of allylic oxidation sites excluding steroid dienone is 10. The molecule has 0 aromatic heterocycles. The molecule has 1 aliphatic rings. The lowest BCUT2D eigenvalue weighted by Crippen LogP contribution is -2.64. The van der Waals surface area contributed by atoms with Crippen LogP contribution in [0.25, 0.3) is 0 Å². The third-order valence-electron chi connectivity index (χ3n) is 10.3. The predicted octanol–water partition coefficient (Wildman–Crippen LogP) is 8.94. The number of hydrogen-bond donors (Lipinski definition) is 6. The van der Waals surface area contributed by atoms with Crippen LogP contribution < -0.4 is 0 Å². The van der Waals surface area contributed by atoms with Crippen molar-refractivity contribution in [2.75, 3.05) is 13.2 Å². The van der Waals surface area contributed by atoms with Crippen LogP contribution in [-0.4, -0.2) is 98.3 Å². The monoisotopic (exact) mass is 885 g/mol. The zero-order valence-electron chi connectivity index (χ0n) is 37.2. The smallest absolute Gasteiger partial charge is 0.462 e. The van der Waals surface area contributed by atoms with Gasteiger partial charge < -0.3 is 39.9 Å².